The number of nitrogens with zero attached hydrogens (tertiary/aromatic N) is 1. The van der Waals surface area contributed by atoms with E-state index in [9.17, 15) is 10.1 Å². The minimum atomic E-state index is -0.302. The van der Waals surface area contributed by atoms with Crippen molar-refractivity contribution in [2.75, 3.05) is 35.2 Å². The van der Waals surface area contributed by atoms with E-state index in [1.807, 2.05) is 24.8 Å². The summed E-state index contributed by atoms with van der Waals surface area (Å²) in [4.78, 5) is 11.0. The van der Waals surface area contributed by atoms with Gasteiger partial charge in [-0.2, -0.15) is 11.8 Å². The molecule has 0 bridgehead atoms. The van der Waals surface area contributed by atoms with Gasteiger partial charge < -0.3 is 10.6 Å². The lowest BCUT2D eigenvalue weighted by Crippen LogP contribution is -2.15. The van der Waals surface area contributed by atoms with E-state index in [1.54, 1.807) is 12.1 Å². The van der Waals surface area contributed by atoms with Crippen LogP contribution in [-0.4, -0.2) is 29.5 Å². The third kappa shape index (κ3) is 3.79. The summed E-state index contributed by atoms with van der Waals surface area (Å²) < 4.78 is 0. The number of anilines is 2. The number of hydrogen-bond donors (Lipinski definition) is 2. The molecule has 20 heavy (non-hydrogen) atoms. The Hall–Kier alpha value is -1.43. The monoisotopic (exact) mass is 295 g/mol. The molecule has 1 aromatic rings. The molecule has 0 saturated carbocycles. The lowest BCUT2D eigenvalue weighted by molar-refractivity contribution is -0.383. The number of para-hydroxylation sites is 1. The SMILES string of the molecule is CCCNc1cccc(NCC2CCSC2)c1[N+](=O)[O-]. The minimum Gasteiger partial charge on any atom is -0.379 e. The fourth-order valence-electron chi connectivity index (χ4n) is 2.28. The van der Waals surface area contributed by atoms with E-state index in [4.69, 9.17) is 0 Å². The molecule has 1 heterocycles. The second kappa shape index (κ2) is 7.38. The predicted octanol–water partition coefficient (Wildman–Crippen LogP) is 3.58. The molecule has 0 spiro atoms. The van der Waals surface area contributed by atoms with Crippen LogP contribution >= 0.6 is 11.8 Å². The van der Waals surface area contributed by atoms with Gasteiger partial charge in [0.15, 0.2) is 0 Å². The first-order valence-corrected chi connectivity index (χ1v) is 8.20. The van der Waals surface area contributed by atoms with E-state index in [2.05, 4.69) is 10.6 Å². The highest BCUT2D eigenvalue weighted by molar-refractivity contribution is 7.99. The van der Waals surface area contributed by atoms with Gasteiger partial charge in [-0.15, -0.1) is 0 Å². The molecule has 2 rings (SSSR count). The van der Waals surface area contributed by atoms with Crippen LogP contribution in [0.4, 0.5) is 17.1 Å². The zero-order valence-electron chi connectivity index (χ0n) is 11.7. The van der Waals surface area contributed by atoms with Crippen LogP contribution < -0.4 is 10.6 Å². The molecular weight excluding hydrogens is 274 g/mol. The minimum absolute atomic E-state index is 0.159. The van der Waals surface area contributed by atoms with Crippen molar-refractivity contribution in [1.29, 1.82) is 0 Å². The molecule has 2 N–H and O–H groups in total. The van der Waals surface area contributed by atoms with Gasteiger partial charge >= 0.3 is 5.69 Å². The van der Waals surface area contributed by atoms with Crippen LogP contribution in [0.3, 0.4) is 0 Å². The Balaban J connectivity index is 2.11. The summed E-state index contributed by atoms with van der Waals surface area (Å²) in [5, 5.41) is 17.7. The van der Waals surface area contributed by atoms with Gasteiger partial charge in [0, 0.05) is 13.1 Å². The summed E-state index contributed by atoms with van der Waals surface area (Å²) in [6.45, 7) is 3.59. The molecule has 0 radical (unpaired) electrons. The Morgan fingerprint density at radius 1 is 1.40 bits per heavy atom. The Kier molecular flexibility index (Phi) is 5.52. The van der Waals surface area contributed by atoms with E-state index < -0.39 is 0 Å². The first kappa shape index (κ1) is 15.0. The number of benzene rings is 1. The maximum Gasteiger partial charge on any atom is 0.315 e. The van der Waals surface area contributed by atoms with Crippen molar-refractivity contribution < 1.29 is 4.92 Å². The molecule has 0 aliphatic carbocycles. The van der Waals surface area contributed by atoms with Crippen LogP contribution in [0.1, 0.15) is 19.8 Å². The fraction of sp³-hybridized carbons (Fsp3) is 0.571. The van der Waals surface area contributed by atoms with E-state index >= 15 is 0 Å². The number of hydrogen-bond acceptors (Lipinski definition) is 5. The van der Waals surface area contributed by atoms with Gasteiger partial charge in [0.2, 0.25) is 0 Å². The highest BCUT2D eigenvalue weighted by Crippen LogP contribution is 2.33. The third-order valence-corrected chi connectivity index (χ3v) is 4.62. The van der Waals surface area contributed by atoms with Crippen molar-refractivity contribution in [3.8, 4) is 0 Å². The highest BCUT2D eigenvalue weighted by atomic mass is 32.2. The van der Waals surface area contributed by atoms with Crippen LogP contribution in [0, 0.1) is 16.0 Å². The fourth-order valence-corrected chi connectivity index (χ4v) is 3.57. The molecule has 1 saturated heterocycles. The van der Waals surface area contributed by atoms with Crippen molar-refractivity contribution in [2.45, 2.75) is 19.8 Å². The second-order valence-electron chi connectivity index (χ2n) is 5.00. The van der Waals surface area contributed by atoms with Crippen molar-refractivity contribution >= 4 is 28.8 Å². The summed E-state index contributed by atoms with van der Waals surface area (Å²) >= 11 is 1.96. The molecule has 1 atom stereocenters. The summed E-state index contributed by atoms with van der Waals surface area (Å²) in [5.41, 5.74) is 1.38. The maximum absolute atomic E-state index is 11.3. The molecule has 6 heteroatoms. The second-order valence-corrected chi connectivity index (χ2v) is 6.15. The van der Waals surface area contributed by atoms with Gasteiger partial charge in [-0.1, -0.05) is 13.0 Å². The molecule has 0 amide bonds. The number of nitro benzene ring substituents is 1. The van der Waals surface area contributed by atoms with Crippen LogP contribution in [0.25, 0.3) is 0 Å². The highest BCUT2D eigenvalue weighted by Gasteiger charge is 2.21. The number of rotatable bonds is 7. The molecule has 5 nitrogen and oxygen atoms in total. The molecule has 1 aliphatic heterocycles. The van der Waals surface area contributed by atoms with Crippen LogP contribution in [0.5, 0.6) is 0 Å². The van der Waals surface area contributed by atoms with Gasteiger partial charge in [0.05, 0.1) is 4.92 Å². The van der Waals surface area contributed by atoms with Crippen LogP contribution in [0.15, 0.2) is 18.2 Å². The number of nitrogens with one attached hydrogen (secondary N) is 2. The maximum atomic E-state index is 11.3. The predicted molar refractivity (Wildman–Crippen MR) is 85.8 cm³/mol. The van der Waals surface area contributed by atoms with Gasteiger partial charge in [-0.25, -0.2) is 0 Å². The average Bonchev–Trinajstić information content (AvgIpc) is 2.95. The smallest absolute Gasteiger partial charge is 0.315 e. The van der Waals surface area contributed by atoms with Gasteiger partial charge in [0.25, 0.3) is 0 Å². The van der Waals surface area contributed by atoms with Crippen molar-refractivity contribution in [3.05, 3.63) is 28.3 Å². The molecule has 1 aromatic carbocycles. The first-order valence-electron chi connectivity index (χ1n) is 7.05. The molecular formula is C14H21N3O2S. The standard InChI is InChI=1S/C14H21N3O2S/c1-2-7-15-12-4-3-5-13(14(12)17(18)19)16-9-11-6-8-20-10-11/h3-5,11,15-16H,2,6-10H2,1H3. The van der Waals surface area contributed by atoms with Gasteiger partial charge in [-0.3, -0.25) is 10.1 Å². The van der Waals surface area contributed by atoms with E-state index in [0.717, 1.165) is 25.3 Å². The normalized spacial score (nSPS) is 17.9. The molecule has 1 unspecified atom stereocenters. The zero-order chi connectivity index (χ0) is 14.4. The first-order chi connectivity index (χ1) is 9.72. The topological polar surface area (TPSA) is 67.2 Å². The Labute approximate surface area is 123 Å². The van der Waals surface area contributed by atoms with Crippen LogP contribution in [-0.2, 0) is 0 Å². The van der Waals surface area contributed by atoms with E-state index in [-0.39, 0.29) is 10.6 Å². The molecule has 110 valence electrons. The summed E-state index contributed by atoms with van der Waals surface area (Å²) in [7, 11) is 0. The largest absolute Gasteiger partial charge is 0.379 e. The summed E-state index contributed by atoms with van der Waals surface area (Å²) in [6, 6.07) is 5.42. The lowest BCUT2D eigenvalue weighted by atomic mass is 10.1. The van der Waals surface area contributed by atoms with E-state index in [0.29, 0.717) is 17.3 Å². The summed E-state index contributed by atoms with van der Waals surface area (Å²) in [6.07, 6.45) is 2.13. The Bertz CT molecular complexity index is 462. The van der Waals surface area contributed by atoms with Crippen molar-refractivity contribution in [2.24, 2.45) is 5.92 Å². The van der Waals surface area contributed by atoms with Gasteiger partial charge in [-0.05, 0) is 42.4 Å². The summed E-state index contributed by atoms with van der Waals surface area (Å²) in [5.74, 6) is 2.97. The zero-order valence-corrected chi connectivity index (χ0v) is 12.5. The van der Waals surface area contributed by atoms with Gasteiger partial charge in [0.1, 0.15) is 11.4 Å². The van der Waals surface area contributed by atoms with Crippen molar-refractivity contribution in [3.63, 3.8) is 0 Å². The van der Waals surface area contributed by atoms with E-state index in [1.165, 1.54) is 12.2 Å². The molecule has 1 fully saturated rings. The molecule has 1 aliphatic rings. The number of nitro groups is 1. The Morgan fingerprint density at radius 2 is 2.15 bits per heavy atom. The number of thioether (sulfide) groups is 1. The molecule has 0 aromatic heterocycles. The quantitative estimate of drug-likeness (QED) is 0.594. The lowest BCUT2D eigenvalue weighted by Gasteiger charge is -2.13. The third-order valence-electron chi connectivity index (χ3n) is 3.39. The Morgan fingerprint density at radius 3 is 2.75 bits per heavy atom. The van der Waals surface area contributed by atoms with Crippen LogP contribution in [0.2, 0.25) is 0 Å². The van der Waals surface area contributed by atoms with Crippen molar-refractivity contribution in [1.82, 2.24) is 0 Å². The average molecular weight is 295 g/mol.